The Kier molecular flexibility index (Phi) is 12.4. The fraction of sp³-hybridized carbons (Fsp3) is 0.429. The lowest BCUT2D eigenvalue weighted by Gasteiger charge is -2.21. The van der Waals surface area contributed by atoms with Crippen molar-refractivity contribution in [3.05, 3.63) is 100 Å². The first-order valence-electron chi connectivity index (χ1n) is 14.1. The van der Waals surface area contributed by atoms with Crippen LogP contribution in [0.4, 0.5) is 5.69 Å². The molecule has 39 heavy (non-hydrogen) atoms. The Labute approximate surface area is 240 Å². The lowest BCUT2D eigenvalue weighted by Crippen LogP contribution is -2.14. The molecule has 4 heteroatoms. The van der Waals surface area contributed by atoms with Crippen molar-refractivity contribution in [2.24, 2.45) is 5.41 Å². The molecule has 0 unspecified atom stereocenters. The molecule has 2 aromatic rings. The van der Waals surface area contributed by atoms with Crippen LogP contribution in [-0.4, -0.2) is 18.8 Å². The first-order chi connectivity index (χ1) is 18.5. The molecule has 0 atom stereocenters. The number of ether oxygens (including phenoxy) is 1. The van der Waals surface area contributed by atoms with E-state index < -0.39 is 0 Å². The normalized spacial score (nSPS) is 12.3. The number of hydrogen-bond donors (Lipinski definition) is 1. The molecule has 1 amide bonds. The van der Waals surface area contributed by atoms with Gasteiger partial charge in [-0.2, -0.15) is 0 Å². The molecular weight excluding hydrogens is 482 g/mol. The summed E-state index contributed by atoms with van der Waals surface area (Å²) in [4.78, 5) is 25.7. The van der Waals surface area contributed by atoms with Gasteiger partial charge in [-0.15, -0.1) is 0 Å². The van der Waals surface area contributed by atoms with E-state index in [1.807, 2.05) is 49.4 Å². The van der Waals surface area contributed by atoms with E-state index in [9.17, 15) is 9.59 Å². The summed E-state index contributed by atoms with van der Waals surface area (Å²) < 4.78 is 5.47. The van der Waals surface area contributed by atoms with Crippen LogP contribution < -0.4 is 5.32 Å². The fourth-order valence-electron chi connectivity index (χ4n) is 4.71. The Morgan fingerprint density at radius 1 is 1.08 bits per heavy atom. The third-order valence-electron chi connectivity index (χ3n) is 6.95. The number of amides is 1. The molecule has 0 bridgehead atoms. The molecule has 0 heterocycles. The molecule has 0 saturated carbocycles. The Hall–Kier alpha value is -3.40. The number of Topliss-reactive ketones (excluding diaryl/α,β-unsaturated/α-hetero) is 1. The van der Waals surface area contributed by atoms with Gasteiger partial charge >= 0.3 is 0 Å². The summed E-state index contributed by atoms with van der Waals surface area (Å²) in [6.07, 6.45) is 10.2. The Morgan fingerprint density at radius 2 is 1.77 bits per heavy atom. The summed E-state index contributed by atoms with van der Waals surface area (Å²) in [5, 5.41) is 3.01. The van der Waals surface area contributed by atoms with Crippen LogP contribution in [0.15, 0.2) is 78.1 Å². The number of anilines is 1. The quantitative estimate of drug-likeness (QED) is 0.149. The van der Waals surface area contributed by atoms with E-state index in [2.05, 4.69) is 58.7 Å². The average Bonchev–Trinajstić information content (AvgIpc) is 2.88. The predicted octanol–water partition coefficient (Wildman–Crippen LogP) is 9.69. The van der Waals surface area contributed by atoms with Gasteiger partial charge in [0.2, 0.25) is 0 Å². The van der Waals surface area contributed by atoms with Gasteiger partial charge < -0.3 is 10.1 Å². The number of benzene rings is 2. The molecule has 216 valence electrons. The number of allylic oxidation sites excluding steroid dienone is 5. The van der Waals surface area contributed by atoms with E-state index in [0.717, 1.165) is 48.1 Å². The number of hydrogen-bond acceptors (Lipinski definition) is 3. The molecule has 1 N–H and O–H groups in total. The van der Waals surface area contributed by atoms with Crippen LogP contribution in [-0.2, 0) is 22.4 Å². The van der Waals surface area contributed by atoms with Crippen molar-refractivity contribution < 1.29 is 18.6 Å². The van der Waals surface area contributed by atoms with Crippen molar-refractivity contribution in [1.29, 1.82) is 0 Å². The van der Waals surface area contributed by atoms with Gasteiger partial charge in [-0.25, -0.2) is 0 Å². The monoisotopic (exact) mass is 535 g/mol. The van der Waals surface area contributed by atoms with E-state index in [1.165, 1.54) is 17.6 Å². The summed E-state index contributed by atoms with van der Waals surface area (Å²) in [6, 6.07) is 13.4. The second-order valence-electron chi connectivity index (χ2n) is 11.3. The highest BCUT2D eigenvalue weighted by molar-refractivity contribution is 6.05. The van der Waals surface area contributed by atoms with Crippen LogP contribution in [0.5, 0.6) is 0 Å². The first kappa shape index (κ1) is 31.8. The zero-order chi connectivity index (χ0) is 29.0. The van der Waals surface area contributed by atoms with Crippen molar-refractivity contribution >= 4 is 17.4 Å². The lowest BCUT2D eigenvalue weighted by atomic mass is 9.91. The van der Waals surface area contributed by atoms with Crippen LogP contribution in [0.3, 0.4) is 0 Å². The van der Waals surface area contributed by atoms with Gasteiger partial charge in [0.15, 0.2) is 0 Å². The smallest absolute Gasteiger partial charge is 0.255 e. The van der Waals surface area contributed by atoms with Gasteiger partial charge in [0, 0.05) is 33.8 Å². The van der Waals surface area contributed by atoms with Gasteiger partial charge in [0.1, 0.15) is 11.5 Å². The highest BCUT2D eigenvalue weighted by Crippen LogP contribution is 2.27. The number of carbonyl (C=O) groups excluding carboxylic acids is 2. The minimum Gasteiger partial charge on any atom is -0.501 e. The molecule has 2 aromatic carbocycles. The zero-order valence-electron chi connectivity index (χ0n) is 25.1. The van der Waals surface area contributed by atoms with Gasteiger partial charge in [0.25, 0.3) is 5.91 Å². The molecule has 4 nitrogen and oxygen atoms in total. The molecule has 0 aliphatic heterocycles. The third-order valence-corrected chi connectivity index (χ3v) is 6.95. The van der Waals surface area contributed by atoms with Gasteiger partial charge in [-0.3, -0.25) is 9.59 Å². The second-order valence-corrected chi connectivity index (χ2v) is 11.3. The number of aryl methyl sites for hydroxylation is 1. The van der Waals surface area contributed by atoms with E-state index in [1.54, 1.807) is 7.11 Å². The van der Waals surface area contributed by atoms with Crippen LogP contribution in [0.1, 0.15) is 98.1 Å². The first-order valence-corrected chi connectivity index (χ1v) is 14.1. The Bertz CT molecular complexity index is 1210. The molecule has 0 spiro atoms. The number of ketones is 1. The molecule has 0 saturated heterocycles. The number of nitrogens with one attached hydrogen (secondary N) is 1. The molecule has 0 aromatic heterocycles. The van der Waals surface area contributed by atoms with E-state index in [0.29, 0.717) is 17.7 Å². The summed E-state index contributed by atoms with van der Waals surface area (Å²) in [6.45, 7) is 16.6. The van der Waals surface area contributed by atoms with E-state index >= 15 is 0 Å². The van der Waals surface area contributed by atoms with Crippen molar-refractivity contribution in [2.75, 3.05) is 12.4 Å². The lowest BCUT2D eigenvalue weighted by molar-refractivity contribution is -0.117. The highest BCUT2D eigenvalue weighted by Gasteiger charge is 2.18. The van der Waals surface area contributed by atoms with Crippen molar-refractivity contribution in [3.8, 4) is 0 Å². The standard InChI is InChI=1S/C35H47NO3.3H2/c1-9-13-27(10-2)14-11-15-29-16-12-17-32(26(29)4)34(38)36-30-20-18-28(19-21-30)24-31(37)22-25(3)23-33(39-8)35(5,6)7;;;/h10,12,16-21,23H,3,9,11,13-15,22,24H2,1-2,4-8H3,(H,36,38);3*1H/b27-10-,33-23-;;;. The summed E-state index contributed by atoms with van der Waals surface area (Å²) in [5.41, 5.74) is 6.66. The Balaban J connectivity index is 0. The minimum atomic E-state index is -0.147. The highest BCUT2D eigenvalue weighted by atomic mass is 16.5. The Morgan fingerprint density at radius 3 is 2.36 bits per heavy atom. The molecule has 2 rings (SSSR count). The maximum Gasteiger partial charge on any atom is 0.255 e. The van der Waals surface area contributed by atoms with Gasteiger partial charge in [-0.05, 0) is 86.1 Å². The molecule has 0 aliphatic carbocycles. The molecule has 0 fully saturated rings. The maximum absolute atomic E-state index is 13.1. The average molecular weight is 536 g/mol. The van der Waals surface area contributed by atoms with Crippen LogP contribution >= 0.6 is 0 Å². The maximum atomic E-state index is 13.1. The number of carbonyl (C=O) groups is 2. The summed E-state index contributed by atoms with van der Waals surface area (Å²) in [7, 11) is 1.64. The second kappa shape index (κ2) is 15.3. The fourth-order valence-corrected chi connectivity index (χ4v) is 4.71. The number of methoxy groups -OCH3 is 1. The predicted molar refractivity (Wildman–Crippen MR) is 171 cm³/mol. The summed E-state index contributed by atoms with van der Waals surface area (Å²) >= 11 is 0. The van der Waals surface area contributed by atoms with Gasteiger partial charge in [0.05, 0.1) is 7.11 Å². The molecule has 0 aliphatic rings. The SMILES string of the molecule is C=C(/C=C(\OC)C(C)(C)C)CC(=O)Cc1ccc(NC(=O)c2cccc(CCC/C(=C\C)CCC)c2C)cc1.[HH].[HH].[HH]. The van der Waals surface area contributed by atoms with Crippen molar-refractivity contribution in [2.45, 2.75) is 86.5 Å². The van der Waals surface area contributed by atoms with Crippen LogP contribution in [0.2, 0.25) is 0 Å². The van der Waals surface area contributed by atoms with Crippen LogP contribution in [0.25, 0.3) is 0 Å². The van der Waals surface area contributed by atoms with E-state index in [4.69, 9.17) is 4.74 Å². The van der Waals surface area contributed by atoms with Gasteiger partial charge in [-0.1, -0.05) is 76.6 Å². The third kappa shape index (κ3) is 10.4. The van der Waals surface area contributed by atoms with Crippen molar-refractivity contribution in [3.63, 3.8) is 0 Å². The zero-order valence-corrected chi connectivity index (χ0v) is 25.1. The topological polar surface area (TPSA) is 55.4 Å². The van der Waals surface area contributed by atoms with Crippen LogP contribution in [0, 0.1) is 12.3 Å². The van der Waals surface area contributed by atoms with E-state index in [-0.39, 0.29) is 27.8 Å². The largest absolute Gasteiger partial charge is 0.501 e. The number of rotatable bonds is 14. The summed E-state index contributed by atoms with van der Waals surface area (Å²) in [5.74, 6) is 0.770. The molecule has 0 radical (unpaired) electrons. The van der Waals surface area contributed by atoms with Crippen molar-refractivity contribution in [1.82, 2.24) is 0 Å². The minimum absolute atomic E-state index is 0. The molecular formula is C35H53NO3.